The maximum Gasteiger partial charge on any atom is 0.349 e. The van der Waals surface area contributed by atoms with Crippen molar-refractivity contribution in [2.75, 3.05) is 6.61 Å². The highest BCUT2D eigenvalue weighted by Gasteiger charge is 2.29. The van der Waals surface area contributed by atoms with Crippen LogP contribution in [0.25, 0.3) is 33.7 Å². The highest BCUT2D eigenvalue weighted by atomic mass is 19.1. The lowest BCUT2D eigenvalue weighted by molar-refractivity contribution is -0.137. The molecule has 0 saturated heterocycles. The van der Waals surface area contributed by atoms with Crippen molar-refractivity contribution in [1.82, 2.24) is 4.98 Å². The number of para-hydroxylation sites is 1. The standard InChI is InChI=1S/C34H27FN2O2/c1-2-39-34(38)30(22-36)27(23-10-4-3-5-11-23)12-6-7-14-29-32(24-18-20-26(35)21-19-24)28-13-8-9-15-31(28)37-33(29)25-16-17-25/h3-15,18-21,25H,2,16-17H2,1H3/b12-6+,14-7+,30-27+. The molecular formula is C34H27FN2O2. The number of esters is 1. The van der Waals surface area contributed by atoms with E-state index in [1.165, 1.54) is 12.1 Å². The van der Waals surface area contributed by atoms with Gasteiger partial charge in [-0.25, -0.2) is 9.18 Å². The second kappa shape index (κ2) is 11.7. The predicted molar refractivity (Wildman–Crippen MR) is 153 cm³/mol. The first-order valence-corrected chi connectivity index (χ1v) is 13.0. The summed E-state index contributed by atoms with van der Waals surface area (Å²) in [5.74, 6) is -0.554. The Kier molecular flexibility index (Phi) is 7.75. The highest BCUT2D eigenvalue weighted by molar-refractivity contribution is 6.04. The number of hydrogen-bond donors (Lipinski definition) is 0. The Morgan fingerprint density at radius 1 is 1.03 bits per heavy atom. The van der Waals surface area contributed by atoms with Gasteiger partial charge in [0.2, 0.25) is 0 Å². The Morgan fingerprint density at radius 3 is 2.44 bits per heavy atom. The van der Waals surface area contributed by atoms with Crippen LogP contribution in [0.1, 0.15) is 42.5 Å². The Bertz CT molecular complexity index is 1640. The van der Waals surface area contributed by atoms with E-state index in [2.05, 4.69) is 0 Å². The van der Waals surface area contributed by atoms with E-state index in [1.807, 2.05) is 78.9 Å². The number of carbonyl (C=O) groups is 1. The number of rotatable bonds is 8. The van der Waals surface area contributed by atoms with E-state index in [0.29, 0.717) is 11.5 Å². The van der Waals surface area contributed by atoms with Gasteiger partial charge in [-0.1, -0.05) is 85.0 Å². The van der Waals surface area contributed by atoms with Crippen LogP contribution in [0.2, 0.25) is 0 Å². The topological polar surface area (TPSA) is 63.0 Å². The molecule has 1 aromatic heterocycles. The van der Waals surface area contributed by atoms with Gasteiger partial charge in [-0.05, 0) is 49.1 Å². The number of nitriles is 1. The molecule has 0 atom stereocenters. The monoisotopic (exact) mass is 514 g/mol. The van der Waals surface area contributed by atoms with Crippen LogP contribution >= 0.6 is 0 Å². The minimum Gasteiger partial charge on any atom is -0.462 e. The van der Waals surface area contributed by atoms with Crippen LogP contribution < -0.4 is 0 Å². The van der Waals surface area contributed by atoms with Gasteiger partial charge in [0.1, 0.15) is 17.5 Å². The fraction of sp³-hybridized carbons (Fsp3) is 0.147. The fourth-order valence-corrected chi connectivity index (χ4v) is 4.67. The maximum absolute atomic E-state index is 13.8. The van der Waals surface area contributed by atoms with Gasteiger partial charge in [0.25, 0.3) is 0 Å². The van der Waals surface area contributed by atoms with Crippen molar-refractivity contribution in [2.45, 2.75) is 25.7 Å². The number of halogens is 1. The van der Waals surface area contributed by atoms with Crippen LogP contribution in [0.5, 0.6) is 0 Å². The average molecular weight is 515 g/mol. The molecule has 192 valence electrons. The number of fused-ring (bicyclic) bond motifs is 1. The van der Waals surface area contributed by atoms with Gasteiger partial charge in [-0.2, -0.15) is 5.26 Å². The summed E-state index contributed by atoms with van der Waals surface area (Å²) in [6.45, 7) is 1.89. The molecular weight excluding hydrogens is 487 g/mol. The first kappa shape index (κ1) is 25.8. The Hall–Kier alpha value is -4.82. The summed E-state index contributed by atoms with van der Waals surface area (Å²) >= 11 is 0. The molecule has 39 heavy (non-hydrogen) atoms. The lowest BCUT2D eigenvalue weighted by atomic mass is 9.92. The number of hydrogen-bond acceptors (Lipinski definition) is 4. The SMILES string of the molecule is CCOC(=O)\C(C#N)=C(/C=C/C=C/c1c(C2CC2)nc2ccccc2c1-c1ccc(F)cc1)c1ccccc1. The number of carbonyl (C=O) groups excluding carboxylic acids is 1. The number of ether oxygens (including phenoxy) is 1. The minimum absolute atomic E-state index is 0.0502. The molecule has 4 nitrogen and oxygen atoms in total. The first-order valence-electron chi connectivity index (χ1n) is 13.0. The zero-order chi connectivity index (χ0) is 27.2. The maximum atomic E-state index is 13.8. The Labute approximate surface area is 227 Å². The molecule has 4 aromatic rings. The smallest absolute Gasteiger partial charge is 0.349 e. The van der Waals surface area contributed by atoms with Crippen LogP contribution in [0.15, 0.2) is 103 Å². The van der Waals surface area contributed by atoms with Gasteiger partial charge in [0.05, 0.1) is 17.8 Å². The van der Waals surface area contributed by atoms with Gasteiger partial charge in [0, 0.05) is 28.0 Å². The Morgan fingerprint density at radius 2 is 1.74 bits per heavy atom. The van der Waals surface area contributed by atoms with E-state index >= 15 is 0 Å². The average Bonchev–Trinajstić information content (AvgIpc) is 3.81. The van der Waals surface area contributed by atoms with E-state index < -0.39 is 5.97 Å². The van der Waals surface area contributed by atoms with Crippen LogP contribution in [-0.2, 0) is 9.53 Å². The van der Waals surface area contributed by atoms with Crippen LogP contribution in [-0.4, -0.2) is 17.6 Å². The van der Waals surface area contributed by atoms with E-state index in [1.54, 1.807) is 25.1 Å². The molecule has 1 saturated carbocycles. The Balaban J connectivity index is 1.62. The number of aromatic nitrogens is 1. The van der Waals surface area contributed by atoms with E-state index in [0.717, 1.165) is 51.7 Å². The lowest BCUT2D eigenvalue weighted by Crippen LogP contribution is -2.08. The van der Waals surface area contributed by atoms with Crippen molar-refractivity contribution in [2.24, 2.45) is 0 Å². The summed E-state index contributed by atoms with van der Waals surface area (Å²) in [7, 11) is 0. The lowest BCUT2D eigenvalue weighted by Gasteiger charge is -2.15. The van der Waals surface area contributed by atoms with Crippen molar-refractivity contribution in [3.63, 3.8) is 0 Å². The molecule has 0 amide bonds. The van der Waals surface area contributed by atoms with Crippen LogP contribution in [0, 0.1) is 17.1 Å². The molecule has 0 N–H and O–H groups in total. The minimum atomic E-state index is -0.652. The molecule has 1 aliphatic carbocycles. The molecule has 1 heterocycles. The number of nitrogens with zero attached hydrogens (tertiary/aromatic N) is 2. The number of benzene rings is 3. The fourth-order valence-electron chi connectivity index (χ4n) is 4.67. The van der Waals surface area contributed by atoms with Crippen molar-refractivity contribution in [1.29, 1.82) is 5.26 Å². The van der Waals surface area contributed by atoms with E-state index in [4.69, 9.17) is 9.72 Å². The third kappa shape index (κ3) is 5.71. The first-order chi connectivity index (χ1) is 19.1. The molecule has 1 fully saturated rings. The van der Waals surface area contributed by atoms with Gasteiger partial charge < -0.3 is 4.74 Å². The molecule has 0 spiro atoms. The summed E-state index contributed by atoms with van der Waals surface area (Å²) in [5, 5.41) is 10.8. The molecule has 1 aliphatic rings. The largest absolute Gasteiger partial charge is 0.462 e. The zero-order valence-electron chi connectivity index (χ0n) is 21.6. The highest BCUT2D eigenvalue weighted by Crippen LogP contribution is 2.45. The van der Waals surface area contributed by atoms with Crippen molar-refractivity contribution < 1.29 is 13.9 Å². The van der Waals surface area contributed by atoms with E-state index in [9.17, 15) is 14.4 Å². The number of allylic oxidation sites excluding steroid dienone is 4. The van der Waals surface area contributed by atoms with Crippen molar-refractivity contribution in [3.8, 4) is 17.2 Å². The summed E-state index contributed by atoms with van der Waals surface area (Å²) in [6, 6.07) is 25.9. The van der Waals surface area contributed by atoms with Crippen molar-refractivity contribution >= 4 is 28.5 Å². The number of pyridine rings is 1. The van der Waals surface area contributed by atoms with Gasteiger partial charge >= 0.3 is 5.97 Å². The summed E-state index contributed by atoms with van der Waals surface area (Å²) in [6.07, 6.45) is 9.64. The summed E-state index contributed by atoms with van der Waals surface area (Å²) in [4.78, 5) is 17.6. The van der Waals surface area contributed by atoms with Crippen LogP contribution in [0.4, 0.5) is 4.39 Å². The van der Waals surface area contributed by atoms with E-state index in [-0.39, 0.29) is 18.0 Å². The molecule has 0 unspecified atom stereocenters. The van der Waals surface area contributed by atoms with Crippen molar-refractivity contribution in [3.05, 3.63) is 125 Å². The normalized spacial score (nSPS) is 14.0. The molecule has 0 radical (unpaired) electrons. The predicted octanol–water partition coefficient (Wildman–Crippen LogP) is 8.03. The summed E-state index contributed by atoms with van der Waals surface area (Å²) in [5.41, 5.74) is 6.03. The molecule has 3 aromatic carbocycles. The second-order valence-electron chi connectivity index (χ2n) is 9.29. The van der Waals surface area contributed by atoms with Gasteiger partial charge in [-0.15, -0.1) is 0 Å². The molecule has 0 aliphatic heterocycles. The zero-order valence-corrected chi connectivity index (χ0v) is 21.6. The van der Waals surface area contributed by atoms with Crippen LogP contribution in [0.3, 0.4) is 0 Å². The molecule has 5 heteroatoms. The van der Waals surface area contributed by atoms with Gasteiger partial charge in [0.15, 0.2) is 0 Å². The third-order valence-electron chi connectivity index (χ3n) is 6.64. The second-order valence-corrected chi connectivity index (χ2v) is 9.29. The molecule has 0 bridgehead atoms. The van der Waals surface area contributed by atoms with Gasteiger partial charge in [-0.3, -0.25) is 4.98 Å². The quantitative estimate of drug-likeness (QED) is 0.103. The molecule has 5 rings (SSSR count). The summed E-state index contributed by atoms with van der Waals surface area (Å²) < 4.78 is 18.9. The third-order valence-corrected chi connectivity index (χ3v) is 6.64.